The summed E-state index contributed by atoms with van der Waals surface area (Å²) in [6, 6.07) is 12.3. The average Bonchev–Trinajstić information content (AvgIpc) is 4.38. The van der Waals surface area contributed by atoms with Gasteiger partial charge in [0.25, 0.3) is 0 Å². The molecular weight excluding hydrogens is 975 g/mol. The Morgan fingerprint density at radius 3 is 0.961 bits per heavy atom. The van der Waals surface area contributed by atoms with Gasteiger partial charge in [0, 0.05) is 33.9 Å². The van der Waals surface area contributed by atoms with Gasteiger partial charge >= 0.3 is 0 Å². The van der Waals surface area contributed by atoms with Crippen LogP contribution in [-0.4, -0.2) is 150 Å². The van der Waals surface area contributed by atoms with Crippen LogP contribution in [0.1, 0.15) is 104 Å². The Morgan fingerprint density at radius 1 is 0.434 bits per heavy atom. The van der Waals surface area contributed by atoms with Crippen LogP contribution in [0.4, 0.5) is 0 Å². The topological polar surface area (TPSA) is 162 Å². The number of ketones is 3. The first-order valence-electron chi connectivity index (χ1n) is 26.9. The number of carbonyl (C=O) groups is 3. The summed E-state index contributed by atoms with van der Waals surface area (Å²) in [5.74, 6) is 5.49. The number of Topliss-reactive ketones (excluding diaryl/α,β-unsaturated/α-hetero) is 3. The molecule has 0 bridgehead atoms. The number of ether oxygens (including phenoxy) is 11. The average molecular weight is 1040 g/mol. The molecule has 17 nitrogen and oxygen atoms in total. The van der Waals surface area contributed by atoms with E-state index >= 15 is 0 Å². The normalized spacial score (nSPS) is 29.5. The summed E-state index contributed by atoms with van der Waals surface area (Å²) in [4.78, 5) is 46.5. The maximum Gasteiger partial charge on any atom is 0.231 e. The highest BCUT2D eigenvalue weighted by molar-refractivity contribution is 6.05. The third kappa shape index (κ3) is 8.00. The molecular formula is C59H69N3O14. The van der Waals surface area contributed by atoms with Gasteiger partial charge in [0.15, 0.2) is 57.6 Å². The first-order valence-corrected chi connectivity index (χ1v) is 26.9. The second-order valence-corrected chi connectivity index (χ2v) is 22.0. The zero-order valence-electron chi connectivity index (χ0n) is 44.7. The molecule has 3 spiro atoms. The van der Waals surface area contributed by atoms with Crippen LogP contribution in [0.5, 0.6) is 34.5 Å². The molecule has 9 heterocycles. The van der Waals surface area contributed by atoms with Gasteiger partial charge in [-0.1, -0.05) is 0 Å². The first kappa shape index (κ1) is 50.7. The van der Waals surface area contributed by atoms with Crippen LogP contribution in [0.3, 0.4) is 0 Å². The molecule has 0 unspecified atom stereocenters. The summed E-state index contributed by atoms with van der Waals surface area (Å²) in [7, 11) is 8.00. The number of nitrogens with zero attached hydrogens (tertiary/aromatic N) is 3. The number of hydrogen-bond acceptors (Lipinski definition) is 17. The highest BCUT2D eigenvalue weighted by Gasteiger charge is 2.59. The molecule has 3 fully saturated rings. The quantitative estimate of drug-likeness (QED) is 0.239. The van der Waals surface area contributed by atoms with Crippen molar-refractivity contribution in [3.05, 3.63) is 105 Å². The van der Waals surface area contributed by atoms with Gasteiger partial charge in [0.1, 0.15) is 0 Å². The van der Waals surface area contributed by atoms with Crippen LogP contribution in [0.15, 0.2) is 71.9 Å². The van der Waals surface area contributed by atoms with Crippen LogP contribution >= 0.6 is 0 Å². The maximum atomic E-state index is 13.0. The van der Waals surface area contributed by atoms with Gasteiger partial charge in [-0.2, -0.15) is 0 Å². The van der Waals surface area contributed by atoms with Crippen LogP contribution in [0, 0.1) is 0 Å². The lowest BCUT2D eigenvalue weighted by molar-refractivity contribution is -0.178. The van der Waals surface area contributed by atoms with Gasteiger partial charge in [-0.05, 0) is 179 Å². The van der Waals surface area contributed by atoms with Crippen LogP contribution in [0.25, 0.3) is 0 Å². The Kier molecular flexibility index (Phi) is 12.9. The summed E-state index contributed by atoms with van der Waals surface area (Å²) in [5.41, 5.74) is 6.21. The van der Waals surface area contributed by atoms with Gasteiger partial charge in [-0.25, -0.2) is 0 Å². The number of hydrogen-bond donors (Lipinski definition) is 0. The van der Waals surface area contributed by atoms with E-state index in [-0.39, 0.29) is 72.1 Å². The lowest BCUT2D eigenvalue weighted by Gasteiger charge is -2.36. The van der Waals surface area contributed by atoms with Crippen molar-refractivity contribution in [3.63, 3.8) is 0 Å². The number of fused-ring (bicyclic) bond motifs is 9. The molecule has 3 saturated heterocycles. The molecule has 3 aromatic carbocycles. The molecule has 3 aromatic rings. The predicted octanol–water partition coefficient (Wildman–Crippen LogP) is 7.02. The lowest BCUT2D eigenvalue weighted by atomic mass is 9.78. The van der Waals surface area contributed by atoms with E-state index in [0.717, 1.165) is 148 Å². The van der Waals surface area contributed by atoms with Crippen LogP contribution < -0.4 is 28.4 Å². The number of benzene rings is 3. The Bertz CT molecular complexity index is 2660. The van der Waals surface area contributed by atoms with Gasteiger partial charge in [0.05, 0.1) is 55.7 Å². The van der Waals surface area contributed by atoms with E-state index in [9.17, 15) is 14.4 Å². The fraction of sp³-hybridized carbons (Fsp3) is 0.542. The van der Waals surface area contributed by atoms with Crippen molar-refractivity contribution >= 4 is 17.3 Å². The third-order valence-corrected chi connectivity index (χ3v) is 18.4. The number of allylic oxidation sites excluding steroid dienone is 3. The first-order chi connectivity index (χ1) is 36.8. The molecule has 17 heteroatoms. The van der Waals surface area contributed by atoms with E-state index in [0.29, 0.717) is 17.3 Å². The molecule has 6 atom stereocenters. The van der Waals surface area contributed by atoms with Crippen molar-refractivity contribution in [2.75, 3.05) is 95.2 Å². The lowest BCUT2D eigenvalue weighted by Crippen LogP contribution is -2.46. The van der Waals surface area contributed by atoms with E-state index in [1.165, 1.54) is 16.7 Å². The molecule has 76 heavy (non-hydrogen) atoms. The molecule has 3 aliphatic carbocycles. The van der Waals surface area contributed by atoms with Gasteiger partial charge < -0.3 is 52.1 Å². The van der Waals surface area contributed by atoms with E-state index in [1.54, 1.807) is 35.5 Å². The predicted molar refractivity (Wildman–Crippen MR) is 276 cm³/mol. The SMILES string of the molecule is COC(C)(C)OC.COC1=C[C@@]23CCCN2CCc2cc4c(cc2[C@H]3C1=O)OCO4.COC1=C[C@@]23CCCN2CCc2cc4c(cc2[C@H]3C1=O)OCO4.COC1=C[C@]23CCCN2CCc2cc4c(cc2[C@@H]3C1=O)OCO4. The van der Waals surface area contributed by atoms with E-state index in [4.69, 9.17) is 52.1 Å². The molecule has 0 aromatic heterocycles. The second kappa shape index (κ2) is 19.4. The molecule has 9 aliphatic heterocycles. The summed E-state index contributed by atoms with van der Waals surface area (Å²) < 4.78 is 59.1. The zero-order chi connectivity index (χ0) is 52.7. The van der Waals surface area contributed by atoms with Crippen molar-refractivity contribution in [2.45, 2.75) is 112 Å². The largest absolute Gasteiger partial charge is 0.493 e. The standard InChI is InChI=1S/3C18H19NO4.C5H12O2/c3*1-21-15-9-18-4-2-5-19(18)6-3-11-7-13-14(23-10-22-13)8-12(11)16(18)17(15)20;1-5(2,6-3)7-4/h3*7-9,16H,2-6,10H2,1H3;1-4H3/t3*16-,18+;/m100./s1. The van der Waals surface area contributed by atoms with Crippen molar-refractivity contribution in [1.29, 1.82) is 0 Å². The maximum absolute atomic E-state index is 13.0. The number of carbonyl (C=O) groups excluding carboxylic acids is 3. The smallest absolute Gasteiger partial charge is 0.231 e. The molecule has 0 radical (unpaired) electrons. The van der Waals surface area contributed by atoms with Crippen molar-refractivity contribution in [2.24, 2.45) is 0 Å². The Balaban J connectivity index is 0.000000108. The molecule has 0 amide bonds. The third-order valence-electron chi connectivity index (χ3n) is 18.4. The fourth-order valence-electron chi connectivity index (χ4n) is 14.5. The van der Waals surface area contributed by atoms with Gasteiger partial charge in [0.2, 0.25) is 37.7 Å². The minimum absolute atomic E-state index is 0.0985. The molecule has 0 saturated carbocycles. The Morgan fingerprint density at radius 2 is 0.711 bits per heavy atom. The van der Waals surface area contributed by atoms with E-state index < -0.39 is 5.79 Å². The minimum atomic E-state index is -0.417. The van der Waals surface area contributed by atoms with Crippen LogP contribution in [-0.2, 0) is 57.3 Å². The molecule has 404 valence electrons. The summed E-state index contributed by atoms with van der Waals surface area (Å²) >= 11 is 0. The van der Waals surface area contributed by atoms with Crippen LogP contribution in [0.2, 0.25) is 0 Å². The Hall–Kier alpha value is -6.11. The second-order valence-electron chi connectivity index (χ2n) is 22.0. The van der Waals surface area contributed by atoms with Crippen molar-refractivity contribution in [1.82, 2.24) is 14.7 Å². The van der Waals surface area contributed by atoms with E-state index in [1.807, 2.05) is 32.0 Å². The summed E-state index contributed by atoms with van der Waals surface area (Å²) in [6.45, 7) is 10.5. The number of methoxy groups -OCH3 is 5. The number of rotatable bonds is 5. The summed E-state index contributed by atoms with van der Waals surface area (Å²) in [5, 5.41) is 0. The van der Waals surface area contributed by atoms with Crippen molar-refractivity contribution in [3.8, 4) is 34.5 Å². The highest BCUT2D eigenvalue weighted by Crippen LogP contribution is 2.56. The molecule has 0 N–H and O–H groups in total. The molecule has 12 aliphatic rings. The fourth-order valence-corrected chi connectivity index (χ4v) is 14.5. The Labute approximate surface area is 443 Å². The van der Waals surface area contributed by atoms with Crippen molar-refractivity contribution < 1.29 is 66.5 Å². The van der Waals surface area contributed by atoms with E-state index in [2.05, 4.69) is 51.1 Å². The highest BCUT2D eigenvalue weighted by atomic mass is 16.7. The van der Waals surface area contributed by atoms with Gasteiger partial charge in [-0.3, -0.25) is 29.1 Å². The summed E-state index contributed by atoms with van der Waals surface area (Å²) in [6.07, 6.45) is 15.4. The zero-order valence-corrected chi connectivity index (χ0v) is 44.7. The minimum Gasteiger partial charge on any atom is -0.493 e. The molecule has 15 rings (SSSR count). The van der Waals surface area contributed by atoms with Gasteiger partial charge in [-0.15, -0.1) is 0 Å². The monoisotopic (exact) mass is 1040 g/mol.